The zero-order valence-corrected chi connectivity index (χ0v) is 11.7. The van der Waals surface area contributed by atoms with Crippen molar-refractivity contribution in [3.63, 3.8) is 0 Å². The lowest BCUT2D eigenvalue weighted by atomic mass is 9.78. The van der Waals surface area contributed by atoms with E-state index in [0.29, 0.717) is 0 Å². The maximum Gasteiger partial charge on any atom is 0.00952 e. The van der Waals surface area contributed by atoms with Gasteiger partial charge in [-0.2, -0.15) is 0 Å². The van der Waals surface area contributed by atoms with Crippen LogP contribution in [0.2, 0.25) is 0 Å². The number of rotatable bonds is 5. The summed E-state index contributed by atoms with van der Waals surface area (Å²) in [5.41, 5.74) is 0. The molecule has 0 spiro atoms. The van der Waals surface area contributed by atoms with Gasteiger partial charge in [0.25, 0.3) is 0 Å². The van der Waals surface area contributed by atoms with Crippen LogP contribution in [0.25, 0.3) is 0 Å². The molecule has 2 saturated carbocycles. The van der Waals surface area contributed by atoms with Gasteiger partial charge in [-0.25, -0.2) is 0 Å². The Morgan fingerprint density at radius 1 is 0.824 bits per heavy atom. The Hall–Kier alpha value is -0.0400. The van der Waals surface area contributed by atoms with E-state index in [-0.39, 0.29) is 0 Å². The molecule has 0 bridgehead atoms. The van der Waals surface area contributed by atoms with E-state index in [2.05, 4.69) is 12.2 Å². The van der Waals surface area contributed by atoms with Crippen molar-refractivity contribution in [1.82, 2.24) is 5.32 Å². The predicted octanol–water partition coefficient (Wildman–Crippen LogP) is 4.52. The van der Waals surface area contributed by atoms with E-state index in [1.54, 1.807) is 0 Å². The van der Waals surface area contributed by atoms with Gasteiger partial charge >= 0.3 is 0 Å². The lowest BCUT2D eigenvalue weighted by Gasteiger charge is -2.33. The minimum absolute atomic E-state index is 0.845. The molecule has 0 aromatic heterocycles. The molecule has 0 aromatic carbocycles. The molecular formula is C16H31N. The van der Waals surface area contributed by atoms with Gasteiger partial charge in [0.15, 0.2) is 0 Å². The molecule has 2 aliphatic rings. The number of nitrogens with one attached hydrogen (secondary N) is 1. The van der Waals surface area contributed by atoms with Gasteiger partial charge in [-0.05, 0) is 37.6 Å². The Labute approximate surface area is 108 Å². The largest absolute Gasteiger partial charge is 0.314 e. The van der Waals surface area contributed by atoms with Crippen molar-refractivity contribution in [2.45, 2.75) is 83.6 Å². The molecule has 0 heterocycles. The van der Waals surface area contributed by atoms with Crippen molar-refractivity contribution in [3.05, 3.63) is 0 Å². The second-order valence-corrected chi connectivity index (χ2v) is 6.29. The average molecular weight is 237 g/mol. The molecule has 0 saturated heterocycles. The summed E-state index contributed by atoms with van der Waals surface area (Å²) < 4.78 is 0. The van der Waals surface area contributed by atoms with Crippen molar-refractivity contribution in [1.29, 1.82) is 0 Å². The zero-order chi connectivity index (χ0) is 11.9. The van der Waals surface area contributed by atoms with E-state index < -0.39 is 0 Å². The summed E-state index contributed by atoms with van der Waals surface area (Å²) in [6, 6.07) is 0.845. The molecule has 2 aliphatic carbocycles. The molecule has 17 heavy (non-hydrogen) atoms. The highest BCUT2D eigenvalue weighted by Crippen LogP contribution is 2.33. The molecule has 2 rings (SSSR count). The summed E-state index contributed by atoms with van der Waals surface area (Å²) in [6.45, 7) is 3.41. The summed E-state index contributed by atoms with van der Waals surface area (Å²) >= 11 is 0. The molecule has 100 valence electrons. The molecule has 2 fully saturated rings. The maximum absolute atomic E-state index is 3.72. The molecule has 1 N–H and O–H groups in total. The van der Waals surface area contributed by atoms with Crippen LogP contribution in [-0.2, 0) is 0 Å². The highest BCUT2D eigenvalue weighted by molar-refractivity contribution is 4.81. The topological polar surface area (TPSA) is 12.0 Å². The van der Waals surface area contributed by atoms with Crippen LogP contribution in [-0.4, -0.2) is 12.6 Å². The molecular weight excluding hydrogens is 206 g/mol. The third-order valence-corrected chi connectivity index (χ3v) is 5.05. The predicted molar refractivity (Wildman–Crippen MR) is 75.2 cm³/mol. The van der Waals surface area contributed by atoms with Crippen LogP contribution in [0.15, 0.2) is 0 Å². The van der Waals surface area contributed by atoms with Crippen molar-refractivity contribution < 1.29 is 0 Å². The second kappa shape index (κ2) is 7.41. The lowest BCUT2D eigenvalue weighted by molar-refractivity contribution is 0.223. The number of hydrogen-bond acceptors (Lipinski definition) is 1. The van der Waals surface area contributed by atoms with Crippen molar-refractivity contribution in [2.24, 2.45) is 11.8 Å². The SMILES string of the molecule is CCNC1CCCCC1CCC1CCCCC1. The molecule has 0 aromatic rings. The van der Waals surface area contributed by atoms with Crippen LogP contribution in [0.4, 0.5) is 0 Å². The molecule has 0 amide bonds. The number of hydrogen-bond donors (Lipinski definition) is 1. The summed E-state index contributed by atoms with van der Waals surface area (Å²) in [6.07, 6.45) is 16.5. The molecule has 1 nitrogen and oxygen atoms in total. The summed E-state index contributed by atoms with van der Waals surface area (Å²) in [7, 11) is 0. The summed E-state index contributed by atoms with van der Waals surface area (Å²) in [5, 5.41) is 3.72. The zero-order valence-electron chi connectivity index (χ0n) is 11.7. The first-order valence-corrected chi connectivity index (χ1v) is 8.13. The van der Waals surface area contributed by atoms with Gasteiger partial charge < -0.3 is 5.32 Å². The van der Waals surface area contributed by atoms with Gasteiger partial charge in [-0.1, -0.05) is 58.3 Å². The molecule has 1 heteroatoms. The molecule has 0 aliphatic heterocycles. The lowest BCUT2D eigenvalue weighted by Crippen LogP contribution is -2.38. The van der Waals surface area contributed by atoms with Crippen LogP contribution in [0.1, 0.15) is 77.6 Å². The molecule has 2 unspecified atom stereocenters. The first-order chi connectivity index (χ1) is 8.40. The Bertz CT molecular complexity index is 194. The fraction of sp³-hybridized carbons (Fsp3) is 1.00. The van der Waals surface area contributed by atoms with Gasteiger partial charge in [-0.15, -0.1) is 0 Å². The van der Waals surface area contributed by atoms with Gasteiger partial charge in [0.05, 0.1) is 0 Å². The Morgan fingerprint density at radius 2 is 1.53 bits per heavy atom. The smallest absolute Gasteiger partial charge is 0.00952 e. The van der Waals surface area contributed by atoms with Crippen LogP contribution >= 0.6 is 0 Å². The third kappa shape index (κ3) is 4.28. The van der Waals surface area contributed by atoms with Gasteiger partial charge in [0, 0.05) is 6.04 Å². The third-order valence-electron chi connectivity index (χ3n) is 5.05. The minimum Gasteiger partial charge on any atom is -0.314 e. The first kappa shape index (κ1) is 13.4. The van der Waals surface area contributed by atoms with Gasteiger partial charge in [0.2, 0.25) is 0 Å². The van der Waals surface area contributed by atoms with Gasteiger partial charge in [0.1, 0.15) is 0 Å². The monoisotopic (exact) mass is 237 g/mol. The summed E-state index contributed by atoms with van der Waals surface area (Å²) in [5.74, 6) is 2.07. The van der Waals surface area contributed by atoms with Crippen molar-refractivity contribution in [2.75, 3.05) is 6.54 Å². The van der Waals surface area contributed by atoms with Crippen molar-refractivity contribution in [3.8, 4) is 0 Å². The highest BCUT2D eigenvalue weighted by atomic mass is 14.9. The normalized spacial score (nSPS) is 31.6. The Balaban J connectivity index is 1.71. The Kier molecular flexibility index (Phi) is 5.84. The quantitative estimate of drug-likeness (QED) is 0.741. The van der Waals surface area contributed by atoms with E-state index >= 15 is 0 Å². The van der Waals surface area contributed by atoms with Crippen molar-refractivity contribution >= 4 is 0 Å². The minimum atomic E-state index is 0.845. The standard InChI is InChI=1S/C16H31N/c1-2-17-16-11-7-6-10-15(16)13-12-14-8-4-3-5-9-14/h14-17H,2-13H2,1H3. The van der Waals surface area contributed by atoms with E-state index in [4.69, 9.17) is 0 Å². The van der Waals surface area contributed by atoms with Gasteiger partial charge in [-0.3, -0.25) is 0 Å². The van der Waals surface area contributed by atoms with Crippen LogP contribution in [0, 0.1) is 11.8 Å². The molecule has 0 radical (unpaired) electrons. The Morgan fingerprint density at radius 3 is 2.29 bits per heavy atom. The first-order valence-electron chi connectivity index (χ1n) is 8.13. The fourth-order valence-corrected chi connectivity index (χ4v) is 4.01. The van der Waals surface area contributed by atoms with Crippen LogP contribution < -0.4 is 5.32 Å². The van der Waals surface area contributed by atoms with E-state index in [9.17, 15) is 0 Å². The van der Waals surface area contributed by atoms with E-state index in [1.807, 2.05) is 0 Å². The summed E-state index contributed by atoms with van der Waals surface area (Å²) in [4.78, 5) is 0. The molecule has 2 atom stereocenters. The highest BCUT2D eigenvalue weighted by Gasteiger charge is 2.25. The fourth-order valence-electron chi connectivity index (χ4n) is 4.01. The van der Waals surface area contributed by atoms with E-state index in [1.165, 1.54) is 70.6 Å². The average Bonchev–Trinajstić information content (AvgIpc) is 2.39. The van der Waals surface area contributed by atoms with E-state index in [0.717, 1.165) is 24.4 Å². The van der Waals surface area contributed by atoms with Crippen LogP contribution in [0.3, 0.4) is 0 Å². The second-order valence-electron chi connectivity index (χ2n) is 6.29. The van der Waals surface area contributed by atoms with Crippen LogP contribution in [0.5, 0.6) is 0 Å². The maximum atomic E-state index is 3.72.